The van der Waals surface area contributed by atoms with Gasteiger partial charge < -0.3 is 0 Å². The lowest BCUT2D eigenvalue weighted by Gasteiger charge is -2.11. The van der Waals surface area contributed by atoms with E-state index in [0.717, 1.165) is 9.01 Å². The third-order valence-electron chi connectivity index (χ3n) is 3.49. The topological polar surface area (TPSA) is 79.4 Å². The van der Waals surface area contributed by atoms with Crippen molar-refractivity contribution in [1.29, 1.82) is 0 Å². The summed E-state index contributed by atoms with van der Waals surface area (Å²) in [5, 5.41) is 3.66. The summed E-state index contributed by atoms with van der Waals surface area (Å²) in [4.78, 5) is 16.8. The number of amides is 1. The quantitative estimate of drug-likeness (QED) is 0.733. The summed E-state index contributed by atoms with van der Waals surface area (Å²) in [6.07, 6.45) is 0. The first-order chi connectivity index (χ1) is 11.8. The largest absolute Gasteiger partial charge is 0.298 e. The average molecular weight is 396 g/mol. The maximum atomic E-state index is 12.3. The van der Waals surface area contributed by atoms with Crippen LogP contribution in [0.1, 0.15) is 10.4 Å². The lowest BCUT2D eigenvalue weighted by Crippen LogP contribution is -2.22. The van der Waals surface area contributed by atoms with Crippen LogP contribution < -0.4 is 5.32 Å². The van der Waals surface area contributed by atoms with E-state index in [4.69, 9.17) is 11.6 Å². The number of hydrogen-bond donors (Lipinski definition) is 1. The van der Waals surface area contributed by atoms with Crippen molar-refractivity contribution < 1.29 is 13.2 Å². The Balaban J connectivity index is 1.82. The molecule has 0 bridgehead atoms. The van der Waals surface area contributed by atoms with E-state index in [1.54, 1.807) is 6.07 Å². The van der Waals surface area contributed by atoms with Crippen LogP contribution in [0.15, 0.2) is 47.4 Å². The second-order valence-electron chi connectivity index (χ2n) is 5.37. The molecule has 0 saturated carbocycles. The van der Waals surface area contributed by atoms with Crippen LogP contribution in [0.25, 0.3) is 10.2 Å². The lowest BCUT2D eigenvalue weighted by atomic mass is 10.2. The number of aromatic nitrogens is 1. The van der Waals surface area contributed by atoms with Gasteiger partial charge in [0.2, 0.25) is 10.0 Å². The molecule has 9 heteroatoms. The molecule has 3 rings (SSSR count). The standard InChI is InChI=1S/C16H14ClN3O3S2/c1-20(2)25(22,23)11-8-6-10(7-9-11)15(21)19-16-18-14-12(17)4-3-5-13(14)24-16/h3-9H,1-2H3,(H,18,19,21). The molecule has 0 unspecified atom stereocenters. The molecule has 0 fully saturated rings. The van der Waals surface area contributed by atoms with E-state index in [9.17, 15) is 13.2 Å². The van der Waals surface area contributed by atoms with Crippen molar-refractivity contribution >= 4 is 54.2 Å². The molecular formula is C16H14ClN3O3S2. The zero-order chi connectivity index (χ0) is 18.2. The van der Waals surface area contributed by atoms with E-state index >= 15 is 0 Å². The summed E-state index contributed by atoms with van der Waals surface area (Å²) in [5.41, 5.74) is 0.972. The number of para-hydroxylation sites is 1. The van der Waals surface area contributed by atoms with E-state index in [1.807, 2.05) is 12.1 Å². The number of benzene rings is 2. The number of thiazole rings is 1. The number of carbonyl (C=O) groups is 1. The van der Waals surface area contributed by atoms with E-state index in [-0.39, 0.29) is 10.8 Å². The van der Waals surface area contributed by atoms with E-state index in [1.165, 1.54) is 49.7 Å². The Bertz CT molecular complexity index is 1040. The molecule has 6 nitrogen and oxygen atoms in total. The maximum Gasteiger partial charge on any atom is 0.257 e. The minimum absolute atomic E-state index is 0.126. The Kier molecular flexibility index (Phi) is 4.79. The molecule has 1 heterocycles. The van der Waals surface area contributed by atoms with E-state index < -0.39 is 10.0 Å². The molecule has 0 radical (unpaired) electrons. The summed E-state index contributed by atoms with van der Waals surface area (Å²) in [6, 6.07) is 11.2. The fourth-order valence-corrected chi connectivity index (χ4v) is 4.19. The van der Waals surface area contributed by atoms with Crippen molar-refractivity contribution in [2.75, 3.05) is 19.4 Å². The number of anilines is 1. The first kappa shape index (κ1) is 17.8. The van der Waals surface area contributed by atoms with Gasteiger partial charge >= 0.3 is 0 Å². The summed E-state index contributed by atoms with van der Waals surface area (Å²) in [5.74, 6) is -0.371. The molecule has 0 aliphatic heterocycles. The Morgan fingerprint density at radius 3 is 2.44 bits per heavy atom. The Morgan fingerprint density at radius 1 is 1.16 bits per heavy atom. The molecule has 1 N–H and O–H groups in total. The van der Waals surface area contributed by atoms with Crippen LogP contribution in [0.2, 0.25) is 5.02 Å². The van der Waals surface area contributed by atoms with Gasteiger partial charge in [0.1, 0.15) is 5.52 Å². The van der Waals surface area contributed by atoms with Crippen molar-refractivity contribution in [2.24, 2.45) is 0 Å². The van der Waals surface area contributed by atoms with Gasteiger partial charge in [0, 0.05) is 19.7 Å². The molecule has 0 aliphatic carbocycles. The van der Waals surface area contributed by atoms with E-state index in [2.05, 4.69) is 10.3 Å². The second-order valence-corrected chi connectivity index (χ2v) is 8.96. The van der Waals surface area contributed by atoms with Gasteiger partial charge in [-0.15, -0.1) is 0 Å². The fraction of sp³-hybridized carbons (Fsp3) is 0.125. The molecule has 2 aromatic carbocycles. The number of hydrogen-bond acceptors (Lipinski definition) is 5. The highest BCUT2D eigenvalue weighted by Crippen LogP contribution is 2.30. The van der Waals surface area contributed by atoms with Gasteiger partial charge in [0.05, 0.1) is 14.6 Å². The second kappa shape index (κ2) is 6.72. The first-order valence-electron chi connectivity index (χ1n) is 7.18. The number of fused-ring (bicyclic) bond motifs is 1. The number of nitrogens with zero attached hydrogens (tertiary/aromatic N) is 2. The van der Waals surface area contributed by atoms with Crippen molar-refractivity contribution in [3.63, 3.8) is 0 Å². The number of halogens is 1. The highest BCUT2D eigenvalue weighted by atomic mass is 35.5. The number of nitrogens with one attached hydrogen (secondary N) is 1. The zero-order valence-corrected chi connectivity index (χ0v) is 15.7. The number of carbonyl (C=O) groups excluding carboxylic acids is 1. The molecule has 25 heavy (non-hydrogen) atoms. The van der Waals surface area contributed by atoms with Crippen molar-refractivity contribution in [3.05, 3.63) is 53.1 Å². The zero-order valence-electron chi connectivity index (χ0n) is 13.4. The molecule has 1 amide bonds. The lowest BCUT2D eigenvalue weighted by molar-refractivity contribution is 0.102. The monoisotopic (exact) mass is 395 g/mol. The number of sulfonamides is 1. The maximum absolute atomic E-state index is 12.3. The number of rotatable bonds is 4. The normalized spacial score (nSPS) is 11.8. The van der Waals surface area contributed by atoms with Gasteiger partial charge in [-0.05, 0) is 36.4 Å². The molecular weight excluding hydrogens is 382 g/mol. The SMILES string of the molecule is CN(C)S(=O)(=O)c1ccc(C(=O)Nc2nc3c(Cl)cccc3s2)cc1. The molecule has 1 aromatic heterocycles. The van der Waals surface area contributed by atoms with Crippen molar-refractivity contribution in [3.8, 4) is 0 Å². The van der Waals surface area contributed by atoms with E-state index in [0.29, 0.717) is 21.2 Å². The first-order valence-corrected chi connectivity index (χ1v) is 9.81. The third kappa shape index (κ3) is 3.52. The smallest absolute Gasteiger partial charge is 0.257 e. The summed E-state index contributed by atoms with van der Waals surface area (Å²) in [6.45, 7) is 0. The highest BCUT2D eigenvalue weighted by Gasteiger charge is 2.18. The van der Waals surface area contributed by atoms with Crippen LogP contribution in [-0.2, 0) is 10.0 Å². The molecule has 0 atom stereocenters. The average Bonchev–Trinajstić information content (AvgIpc) is 2.98. The Hall–Kier alpha value is -2.00. The van der Waals surface area contributed by atoms with Crippen LogP contribution in [0.4, 0.5) is 5.13 Å². The van der Waals surface area contributed by atoms with Crippen LogP contribution in [0.5, 0.6) is 0 Å². The van der Waals surface area contributed by atoms with Crippen LogP contribution in [0, 0.1) is 0 Å². The molecule has 130 valence electrons. The van der Waals surface area contributed by atoms with Crippen molar-refractivity contribution in [1.82, 2.24) is 9.29 Å². The summed E-state index contributed by atoms with van der Waals surface area (Å²) < 4.78 is 26.1. The summed E-state index contributed by atoms with van der Waals surface area (Å²) in [7, 11) is -0.618. The fourth-order valence-electron chi connectivity index (χ4n) is 2.13. The third-order valence-corrected chi connectivity index (χ3v) is 6.56. The molecule has 3 aromatic rings. The van der Waals surface area contributed by atoms with Crippen LogP contribution in [0.3, 0.4) is 0 Å². The van der Waals surface area contributed by atoms with Crippen LogP contribution in [-0.4, -0.2) is 37.7 Å². The van der Waals surface area contributed by atoms with Gasteiger partial charge in [-0.2, -0.15) is 0 Å². The van der Waals surface area contributed by atoms with Gasteiger partial charge in [-0.3, -0.25) is 10.1 Å². The molecule has 0 spiro atoms. The predicted molar refractivity (Wildman–Crippen MR) is 99.9 cm³/mol. The minimum Gasteiger partial charge on any atom is -0.298 e. The van der Waals surface area contributed by atoms with Gasteiger partial charge in [-0.1, -0.05) is 29.0 Å². The van der Waals surface area contributed by atoms with Gasteiger partial charge in [-0.25, -0.2) is 17.7 Å². The van der Waals surface area contributed by atoms with Gasteiger partial charge in [0.25, 0.3) is 5.91 Å². The van der Waals surface area contributed by atoms with Crippen LogP contribution >= 0.6 is 22.9 Å². The minimum atomic E-state index is -3.52. The Morgan fingerprint density at radius 2 is 1.84 bits per heavy atom. The highest BCUT2D eigenvalue weighted by molar-refractivity contribution is 7.89. The molecule has 0 saturated heterocycles. The van der Waals surface area contributed by atoms with Gasteiger partial charge in [0.15, 0.2) is 5.13 Å². The Labute approximate surface area is 154 Å². The molecule has 0 aliphatic rings. The van der Waals surface area contributed by atoms with Crippen molar-refractivity contribution in [2.45, 2.75) is 4.90 Å². The summed E-state index contributed by atoms with van der Waals surface area (Å²) >= 11 is 7.40. The predicted octanol–water partition coefficient (Wildman–Crippen LogP) is 3.45.